The van der Waals surface area contributed by atoms with Gasteiger partial charge in [0.25, 0.3) is 0 Å². The second-order valence-corrected chi connectivity index (χ2v) is 9.11. The SMILES string of the molecule is CSCC[C@H](NC(=O)OCC1c2ccccc2-c2ccccc21)C(=O)NCCC(C)C(=O)O. The number of alkyl carbamates (subject to hydrolysis) is 1. The summed E-state index contributed by atoms with van der Waals surface area (Å²) in [7, 11) is 0. The van der Waals surface area contributed by atoms with Crippen LogP contribution in [0.5, 0.6) is 0 Å². The van der Waals surface area contributed by atoms with Crippen molar-refractivity contribution in [2.45, 2.75) is 31.7 Å². The number of thioether (sulfide) groups is 1. The fourth-order valence-corrected chi connectivity index (χ4v) is 4.42. The minimum Gasteiger partial charge on any atom is -0.481 e. The van der Waals surface area contributed by atoms with Crippen LogP contribution in [-0.2, 0) is 14.3 Å². The Kier molecular flexibility index (Phi) is 8.77. The molecule has 8 heteroatoms. The lowest BCUT2D eigenvalue weighted by Gasteiger charge is -2.20. The Morgan fingerprint density at radius 1 is 1.03 bits per heavy atom. The van der Waals surface area contributed by atoms with Gasteiger partial charge in [-0.15, -0.1) is 0 Å². The molecule has 3 rings (SSSR count). The van der Waals surface area contributed by atoms with E-state index in [1.54, 1.807) is 18.7 Å². The maximum atomic E-state index is 12.6. The maximum Gasteiger partial charge on any atom is 0.407 e. The first kappa shape index (κ1) is 24.6. The van der Waals surface area contributed by atoms with Crippen molar-refractivity contribution in [3.63, 3.8) is 0 Å². The molecule has 0 spiro atoms. The van der Waals surface area contributed by atoms with Gasteiger partial charge in [0, 0.05) is 12.5 Å². The van der Waals surface area contributed by atoms with Crippen molar-refractivity contribution in [1.82, 2.24) is 10.6 Å². The minimum absolute atomic E-state index is 0.0564. The Balaban J connectivity index is 1.58. The first-order chi connectivity index (χ1) is 15.9. The number of rotatable bonds is 11. The van der Waals surface area contributed by atoms with Crippen molar-refractivity contribution in [1.29, 1.82) is 0 Å². The summed E-state index contributed by atoms with van der Waals surface area (Å²) in [6.45, 7) is 2.00. The molecule has 0 fully saturated rings. The molecular formula is C25H30N2O5S. The van der Waals surface area contributed by atoms with Gasteiger partial charge in [0.15, 0.2) is 0 Å². The number of carbonyl (C=O) groups is 3. The third-order valence-corrected chi connectivity index (χ3v) is 6.51. The molecule has 1 unspecified atom stereocenters. The zero-order chi connectivity index (χ0) is 23.8. The van der Waals surface area contributed by atoms with Crippen molar-refractivity contribution in [2.24, 2.45) is 5.92 Å². The molecule has 0 bridgehead atoms. The molecule has 0 saturated heterocycles. The normalized spacial score (nSPS) is 14.0. The van der Waals surface area contributed by atoms with Crippen LogP contribution in [0.25, 0.3) is 11.1 Å². The molecular weight excluding hydrogens is 440 g/mol. The van der Waals surface area contributed by atoms with Crippen LogP contribution in [0.3, 0.4) is 0 Å². The van der Waals surface area contributed by atoms with Crippen LogP contribution in [0.1, 0.15) is 36.8 Å². The molecule has 3 N–H and O–H groups in total. The predicted molar refractivity (Wildman–Crippen MR) is 129 cm³/mol. The zero-order valence-electron chi connectivity index (χ0n) is 18.9. The number of aliphatic carboxylic acids is 1. The topological polar surface area (TPSA) is 105 Å². The lowest BCUT2D eigenvalue weighted by molar-refractivity contribution is -0.141. The highest BCUT2D eigenvalue weighted by Gasteiger charge is 2.29. The molecule has 0 aliphatic heterocycles. The van der Waals surface area contributed by atoms with Gasteiger partial charge in [-0.1, -0.05) is 55.5 Å². The molecule has 1 aliphatic carbocycles. The van der Waals surface area contributed by atoms with Gasteiger partial charge >= 0.3 is 12.1 Å². The lowest BCUT2D eigenvalue weighted by atomic mass is 9.98. The smallest absolute Gasteiger partial charge is 0.407 e. The standard InChI is InChI=1S/C25H30N2O5S/c1-16(24(29)30)11-13-26-23(28)22(12-14-33-2)27-25(31)32-15-21-19-9-5-3-7-17(19)18-8-4-6-10-20(18)21/h3-10,16,21-22H,11-15H2,1-2H3,(H,26,28)(H,27,31)(H,29,30)/t16?,22-/m0/s1. The summed E-state index contributed by atoms with van der Waals surface area (Å²) in [6, 6.07) is 15.5. The third kappa shape index (κ3) is 6.28. The Bertz CT molecular complexity index is 951. The quantitative estimate of drug-likeness (QED) is 0.460. The molecule has 2 atom stereocenters. The molecule has 33 heavy (non-hydrogen) atoms. The van der Waals surface area contributed by atoms with Gasteiger partial charge in [0.2, 0.25) is 5.91 Å². The first-order valence-electron chi connectivity index (χ1n) is 11.0. The number of hydrogen-bond acceptors (Lipinski definition) is 5. The fourth-order valence-electron chi connectivity index (χ4n) is 3.95. The Morgan fingerprint density at radius 2 is 1.64 bits per heavy atom. The lowest BCUT2D eigenvalue weighted by Crippen LogP contribution is -2.47. The van der Waals surface area contributed by atoms with E-state index in [0.717, 1.165) is 22.3 Å². The van der Waals surface area contributed by atoms with E-state index in [4.69, 9.17) is 9.84 Å². The van der Waals surface area contributed by atoms with E-state index >= 15 is 0 Å². The maximum absolute atomic E-state index is 12.6. The second-order valence-electron chi connectivity index (χ2n) is 8.12. The predicted octanol–water partition coefficient (Wildman–Crippen LogP) is 3.87. The molecule has 2 amide bonds. The van der Waals surface area contributed by atoms with Crippen molar-refractivity contribution < 1.29 is 24.2 Å². The van der Waals surface area contributed by atoms with Gasteiger partial charge in [-0.05, 0) is 47.1 Å². The minimum atomic E-state index is -0.903. The number of hydrogen-bond donors (Lipinski definition) is 3. The second kappa shape index (κ2) is 11.7. The van der Waals surface area contributed by atoms with E-state index in [1.807, 2.05) is 42.7 Å². The van der Waals surface area contributed by atoms with Crippen LogP contribution < -0.4 is 10.6 Å². The van der Waals surface area contributed by atoms with E-state index in [-0.39, 0.29) is 25.0 Å². The summed E-state index contributed by atoms with van der Waals surface area (Å²) in [5, 5.41) is 14.4. The van der Waals surface area contributed by atoms with Gasteiger partial charge in [0.05, 0.1) is 5.92 Å². The summed E-state index contributed by atoms with van der Waals surface area (Å²) in [5.74, 6) is -1.16. The number of benzene rings is 2. The van der Waals surface area contributed by atoms with E-state index in [0.29, 0.717) is 18.6 Å². The number of carboxylic acid groups (broad SMARTS) is 1. The van der Waals surface area contributed by atoms with E-state index in [1.165, 1.54) is 0 Å². The summed E-state index contributed by atoms with van der Waals surface area (Å²) in [6.07, 6.45) is 2.06. The highest BCUT2D eigenvalue weighted by atomic mass is 32.2. The zero-order valence-corrected chi connectivity index (χ0v) is 19.7. The van der Waals surface area contributed by atoms with Crippen LogP contribution in [0.15, 0.2) is 48.5 Å². The van der Waals surface area contributed by atoms with Crippen LogP contribution in [0.2, 0.25) is 0 Å². The Labute approximate surface area is 198 Å². The van der Waals surface area contributed by atoms with Crippen molar-refractivity contribution in [3.05, 3.63) is 59.7 Å². The molecule has 2 aromatic carbocycles. The van der Waals surface area contributed by atoms with E-state index in [2.05, 4.69) is 22.8 Å². The summed E-state index contributed by atoms with van der Waals surface area (Å²) >= 11 is 1.58. The highest BCUT2D eigenvalue weighted by molar-refractivity contribution is 7.98. The summed E-state index contributed by atoms with van der Waals surface area (Å²) < 4.78 is 5.56. The van der Waals surface area contributed by atoms with Gasteiger partial charge in [0.1, 0.15) is 12.6 Å². The van der Waals surface area contributed by atoms with Crippen LogP contribution >= 0.6 is 11.8 Å². The number of carboxylic acids is 1. The molecule has 7 nitrogen and oxygen atoms in total. The van der Waals surface area contributed by atoms with Gasteiger partial charge in [-0.2, -0.15) is 11.8 Å². The van der Waals surface area contributed by atoms with E-state index in [9.17, 15) is 14.4 Å². The molecule has 0 saturated carbocycles. The largest absolute Gasteiger partial charge is 0.481 e. The average Bonchev–Trinajstić information content (AvgIpc) is 3.13. The third-order valence-electron chi connectivity index (χ3n) is 5.86. The summed E-state index contributed by atoms with van der Waals surface area (Å²) in [5.41, 5.74) is 4.54. The molecule has 0 heterocycles. The van der Waals surface area contributed by atoms with Gasteiger partial charge in [-0.25, -0.2) is 4.79 Å². The molecule has 2 aromatic rings. The number of nitrogens with one attached hydrogen (secondary N) is 2. The monoisotopic (exact) mass is 470 g/mol. The molecule has 0 radical (unpaired) electrons. The van der Waals surface area contributed by atoms with Crippen molar-refractivity contribution in [3.8, 4) is 11.1 Å². The number of amides is 2. The van der Waals surface area contributed by atoms with Crippen LogP contribution in [0, 0.1) is 5.92 Å². The van der Waals surface area contributed by atoms with Crippen LogP contribution in [0.4, 0.5) is 4.79 Å². The Morgan fingerprint density at radius 3 is 2.21 bits per heavy atom. The average molecular weight is 471 g/mol. The summed E-state index contributed by atoms with van der Waals surface area (Å²) in [4.78, 5) is 36.1. The highest BCUT2D eigenvalue weighted by Crippen LogP contribution is 2.44. The van der Waals surface area contributed by atoms with E-state index < -0.39 is 24.0 Å². The van der Waals surface area contributed by atoms with Crippen LogP contribution in [-0.4, -0.2) is 54.3 Å². The molecule has 1 aliphatic rings. The van der Waals surface area contributed by atoms with Crippen molar-refractivity contribution in [2.75, 3.05) is 25.2 Å². The Hall–Kier alpha value is -3.00. The van der Waals surface area contributed by atoms with Crippen molar-refractivity contribution >= 4 is 29.7 Å². The fraction of sp³-hybridized carbons (Fsp3) is 0.400. The number of carbonyl (C=O) groups excluding carboxylic acids is 2. The van der Waals surface area contributed by atoms with Gasteiger partial charge < -0.3 is 20.5 Å². The number of ether oxygens (including phenoxy) is 1. The molecule has 0 aromatic heterocycles. The molecule has 176 valence electrons. The van der Waals surface area contributed by atoms with Gasteiger partial charge in [-0.3, -0.25) is 9.59 Å². The number of fused-ring (bicyclic) bond motifs is 3. The first-order valence-corrected chi connectivity index (χ1v) is 12.4.